The van der Waals surface area contributed by atoms with E-state index >= 15 is 0 Å². The van der Waals surface area contributed by atoms with Crippen molar-refractivity contribution in [2.45, 2.75) is 51.2 Å². The average molecular weight is 395 g/mol. The van der Waals surface area contributed by atoms with E-state index in [1.54, 1.807) is 0 Å². The van der Waals surface area contributed by atoms with Crippen LogP contribution in [0.15, 0.2) is 66.7 Å². The summed E-state index contributed by atoms with van der Waals surface area (Å²) >= 11 is 0. The lowest BCUT2D eigenvalue weighted by Crippen LogP contribution is -2.26. The van der Waals surface area contributed by atoms with Crippen molar-refractivity contribution < 1.29 is 19.0 Å². The van der Waals surface area contributed by atoms with Gasteiger partial charge >= 0.3 is 0 Å². The second-order valence-corrected chi connectivity index (χ2v) is 7.91. The Kier molecular flexibility index (Phi) is 7.10. The first-order valence-electron chi connectivity index (χ1n) is 10.2. The molecule has 2 aromatic carbocycles. The van der Waals surface area contributed by atoms with Crippen molar-refractivity contribution in [1.29, 1.82) is 0 Å². The molecule has 0 heterocycles. The summed E-state index contributed by atoms with van der Waals surface area (Å²) < 4.78 is 16.2. The molecule has 0 N–H and O–H groups in total. The molecule has 0 atom stereocenters. The van der Waals surface area contributed by atoms with Crippen molar-refractivity contribution in [3.8, 4) is 11.5 Å². The van der Waals surface area contributed by atoms with Gasteiger partial charge in [0.05, 0.1) is 19.3 Å². The Balaban J connectivity index is 0.000000552. The Morgan fingerprint density at radius 1 is 0.966 bits per heavy atom. The van der Waals surface area contributed by atoms with Crippen LogP contribution in [0.3, 0.4) is 0 Å². The number of hydrogen-bond donors (Lipinski definition) is 0. The molecule has 0 aliphatic heterocycles. The van der Waals surface area contributed by atoms with Gasteiger partial charge in [0, 0.05) is 0 Å². The maximum atomic E-state index is 8.95. The smallest absolute Gasteiger partial charge is 0.292 e. The highest BCUT2D eigenvalue weighted by Gasteiger charge is 2.53. The Morgan fingerprint density at radius 3 is 2.31 bits per heavy atom. The van der Waals surface area contributed by atoms with Crippen molar-refractivity contribution in [3.63, 3.8) is 0 Å². The molecule has 2 aromatic rings. The number of methoxy groups -OCH3 is 1. The first kappa shape index (κ1) is 21.1. The highest BCUT2D eigenvalue weighted by Crippen LogP contribution is 2.59. The maximum Gasteiger partial charge on any atom is 0.292 e. The van der Waals surface area contributed by atoms with Crippen LogP contribution in [-0.2, 0) is 20.9 Å². The van der Waals surface area contributed by atoms with Crippen LogP contribution in [0.1, 0.15) is 44.6 Å². The standard InChI is InChI=1S/C23H26O2.C2H4O2/c1-2-11-22-12-14-23(18-22,15-13-22)24-17-19-7-6-10-21(16-19)25-20-8-4-3-5-9-20;1-4-2-3/h2-11,16H,12-15,17-18H2,1H3;2H,1H3/b11-2+;. The van der Waals surface area contributed by atoms with Gasteiger partial charge in [0.1, 0.15) is 11.5 Å². The Hall–Kier alpha value is -2.59. The van der Waals surface area contributed by atoms with Crippen LogP contribution < -0.4 is 4.74 Å². The molecule has 0 aromatic heterocycles. The quantitative estimate of drug-likeness (QED) is 0.423. The van der Waals surface area contributed by atoms with Gasteiger partial charge in [-0.2, -0.15) is 0 Å². The van der Waals surface area contributed by atoms with Crippen LogP contribution in [0, 0.1) is 5.41 Å². The Bertz CT molecular complexity index is 805. The highest BCUT2D eigenvalue weighted by molar-refractivity contribution is 5.36. The van der Waals surface area contributed by atoms with Gasteiger partial charge in [0.15, 0.2) is 0 Å². The third-order valence-corrected chi connectivity index (χ3v) is 5.87. The number of benzene rings is 2. The van der Waals surface area contributed by atoms with E-state index in [-0.39, 0.29) is 5.60 Å². The Morgan fingerprint density at radius 2 is 1.66 bits per heavy atom. The van der Waals surface area contributed by atoms with Crippen molar-refractivity contribution >= 4 is 6.47 Å². The van der Waals surface area contributed by atoms with E-state index in [1.165, 1.54) is 44.8 Å². The molecule has 0 amide bonds. The predicted octanol–water partition coefficient (Wildman–Crippen LogP) is 6.06. The fourth-order valence-corrected chi connectivity index (χ4v) is 4.53. The lowest BCUT2D eigenvalue weighted by molar-refractivity contribution is -0.126. The van der Waals surface area contributed by atoms with E-state index in [0.717, 1.165) is 11.5 Å². The molecule has 0 radical (unpaired) electrons. The van der Waals surface area contributed by atoms with Gasteiger partial charge in [0.2, 0.25) is 0 Å². The molecule has 2 fully saturated rings. The van der Waals surface area contributed by atoms with Crippen molar-refractivity contribution in [2.24, 2.45) is 5.41 Å². The fourth-order valence-electron chi connectivity index (χ4n) is 4.53. The average Bonchev–Trinajstić information content (AvgIpc) is 3.30. The summed E-state index contributed by atoms with van der Waals surface area (Å²) in [6.07, 6.45) is 10.7. The number of ether oxygens (including phenoxy) is 3. The van der Waals surface area contributed by atoms with Gasteiger partial charge in [-0.3, -0.25) is 4.79 Å². The molecule has 2 aliphatic rings. The maximum absolute atomic E-state index is 8.95. The van der Waals surface area contributed by atoms with Crippen LogP contribution in [0.25, 0.3) is 0 Å². The van der Waals surface area contributed by atoms with E-state index in [0.29, 0.717) is 18.5 Å². The number of allylic oxidation sites excluding steroid dienone is 2. The van der Waals surface area contributed by atoms with Crippen LogP contribution in [0.4, 0.5) is 0 Å². The zero-order valence-corrected chi connectivity index (χ0v) is 17.3. The molecule has 2 aliphatic carbocycles. The monoisotopic (exact) mass is 394 g/mol. The lowest BCUT2D eigenvalue weighted by atomic mass is 9.84. The van der Waals surface area contributed by atoms with Gasteiger partial charge in [0.25, 0.3) is 6.47 Å². The molecule has 2 saturated carbocycles. The molecule has 29 heavy (non-hydrogen) atoms. The van der Waals surface area contributed by atoms with Crippen molar-refractivity contribution in [3.05, 3.63) is 72.3 Å². The molecule has 4 rings (SSSR count). The molecular formula is C25H30O4. The number of fused-ring (bicyclic) bond motifs is 2. The third-order valence-electron chi connectivity index (χ3n) is 5.87. The number of carbonyl (C=O) groups is 1. The summed E-state index contributed by atoms with van der Waals surface area (Å²) in [5.41, 5.74) is 1.68. The summed E-state index contributed by atoms with van der Waals surface area (Å²) in [4.78, 5) is 8.95. The van der Waals surface area contributed by atoms with Crippen LogP contribution in [-0.4, -0.2) is 19.2 Å². The van der Waals surface area contributed by atoms with Gasteiger partial charge < -0.3 is 14.2 Å². The van der Waals surface area contributed by atoms with Gasteiger partial charge in [-0.05, 0) is 74.3 Å². The second kappa shape index (κ2) is 9.75. The van der Waals surface area contributed by atoms with Crippen LogP contribution >= 0.6 is 0 Å². The minimum atomic E-state index is 0.0931. The zero-order valence-electron chi connectivity index (χ0n) is 17.3. The molecular weight excluding hydrogens is 364 g/mol. The molecule has 0 spiro atoms. The van der Waals surface area contributed by atoms with Crippen LogP contribution in [0.5, 0.6) is 11.5 Å². The molecule has 4 nitrogen and oxygen atoms in total. The van der Waals surface area contributed by atoms with Crippen LogP contribution in [0.2, 0.25) is 0 Å². The molecule has 2 bridgehead atoms. The van der Waals surface area contributed by atoms with E-state index < -0.39 is 0 Å². The van der Waals surface area contributed by atoms with E-state index in [1.807, 2.05) is 42.5 Å². The largest absolute Gasteiger partial charge is 0.471 e. The summed E-state index contributed by atoms with van der Waals surface area (Å²) in [5.74, 6) is 1.73. The van der Waals surface area contributed by atoms with E-state index in [9.17, 15) is 0 Å². The molecule has 0 unspecified atom stereocenters. The Labute approximate surface area is 173 Å². The summed E-state index contributed by atoms with van der Waals surface area (Å²) in [5, 5.41) is 0. The molecule has 4 heteroatoms. The fraction of sp³-hybridized carbons (Fsp3) is 0.400. The minimum Gasteiger partial charge on any atom is -0.471 e. The number of rotatable bonds is 7. The first-order valence-corrected chi connectivity index (χ1v) is 10.2. The predicted molar refractivity (Wildman–Crippen MR) is 114 cm³/mol. The molecule has 154 valence electrons. The summed E-state index contributed by atoms with van der Waals surface area (Å²) in [6, 6.07) is 18.2. The summed E-state index contributed by atoms with van der Waals surface area (Å²) in [6.45, 7) is 3.17. The van der Waals surface area contributed by atoms with Crippen molar-refractivity contribution in [1.82, 2.24) is 0 Å². The lowest BCUT2D eigenvalue weighted by Gasteiger charge is -2.27. The minimum absolute atomic E-state index is 0.0931. The zero-order chi connectivity index (χ0) is 20.6. The summed E-state index contributed by atoms with van der Waals surface area (Å²) in [7, 11) is 1.31. The third kappa shape index (κ3) is 5.48. The number of carbonyl (C=O) groups excluding carboxylic acids is 1. The first-order chi connectivity index (χ1) is 14.1. The van der Waals surface area contributed by atoms with Gasteiger partial charge in [-0.25, -0.2) is 0 Å². The molecule has 0 saturated heterocycles. The van der Waals surface area contributed by atoms with E-state index in [4.69, 9.17) is 14.3 Å². The number of hydrogen-bond acceptors (Lipinski definition) is 4. The topological polar surface area (TPSA) is 44.8 Å². The van der Waals surface area contributed by atoms with Gasteiger partial charge in [-0.15, -0.1) is 0 Å². The number of para-hydroxylation sites is 1. The van der Waals surface area contributed by atoms with E-state index in [2.05, 4.69) is 35.9 Å². The highest BCUT2D eigenvalue weighted by atomic mass is 16.5. The van der Waals surface area contributed by atoms with Crippen molar-refractivity contribution in [2.75, 3.05) is 7.11 Å². The normalized spacial score (nSPS) is 24.8. The second-order valence-electron chi connectivity index (χ2n) is 7.91. The SMILES string of the molecule is C/C=C/C12CCC(OCc3cccc(Oc4ccccc4)c3)(CC1)C2.COC=O. The van der Waals surface area contributed by atoms with Gasteiger partial charge in [-0.1, -0.05) is 42.5 Å².